The van der Waals surface area contributed by atoms with E-state index >= 15 is 0 Å². The van der Waals surface area contributed by atoms with Crippen LogP contribution in [0.5, 0.6) is 5.75 Å². The molecule has 2 aromatic carbocycles. The highest BCUT2D eigenvalue weighted by Gasteiger charge is 2.13. The van der Waals surface area contributed by atoms with Crippen LogP contribution in [0.1, 0.15) is 5.56 Å². The van der Waals surface area contributed by atoms with Gasteiger partial charge in [0, 0.05) is 23.2 Å². The summed E-state index contributed by atoms with van der Waals surface area (Å²) >= 11 is 3.36. The molecule has 2 rings (SSSR count). The van der Waals surface area contributed by atoms with Crippen molar-refractivity contribution in [2.24, 2.45) is 0 Å². The van der Waals surface area contributed by atoms with Gasteiger partial charge in [-0.15, -0.1) is 0 Å². The van der Waals surface area contributed by atoms with Gasteiger partial charge in [0.25, 0.3) is 5.69 Å². The van der Waals surface area contributed by atoms with Crippen LogP contribution >= 0.6 is 15.9 Å². The zero-order valence-electron chi connectivity index (χ0n) is 12.9. The SMILES string of the molecule is COc1ccc([N+](=O)[O-])cc1NC(=O)NCCc1ccc(Br)cc1. The Labute approximate surface area is 147 Å². The number of methoxy groups -OCH3 is 1. The maximum absolute atomic E-state index is 12.0. The highest BCUT2D eigenvalue weighted by atomic mass is 79.9. The Morgan fingerprint density at radius 3 is 2.58 bits per heavy atom. The number of nitro groups is 1. The van der Waals surface area contributed by atoms with E-state index in [1.807, 2.05) is 24.3 Å². The van der Waals surface area contributed by atoms with E-state index in [1.165, 1.54) is 25.3 Å². The first-order valence-corrected chi connectivity index (χ1v) is 7.90. The summed E-state index contributed by atoms with van der Waals surface area (Å²) in [7, 11) is 1.43. The van der Waals surface area contributed by atoms with Gasteiger partial charge in [-0.05, 0) is 30.2 Å². The van der Waals surface area contributed by atoms with E-state index in [1.54, 1.807) is 0 Å². The van der Waals surface area contributed by atoms with Crippen molar-refractivity contribution in [3.8, 4) is 5.75 Å². The Morgan fingerprint density at radius 2 is 1.96 bits per heavy atom. The minimum atomic E-state index is -0.532. The number of nitrogens with zero attached hydrogens (tertiary/aromatic N) is 1. The van der Waals surface area contributed by atoms with E-state index in [9.17, 15) is 14.9 Å². The number of amides is 2. The first kappa shape index (κ1) is 17.7. The number of ether oxygens (including phenoxy) is 1. The number of urea groups is 1. The number of halogens is 1. The van der Waals surface area contributed by atoms with Gasteiger partial charge < -0.3 is 15.4 Å². The first-order chi connectivity index (χ1) is 11.5. The predicted molar refractivity (Wildman–Crippen MR) is 94.5 cm³/mol. The van der Waals surface area contributed by atoms with Crippen molar-refractivity contribution in [3.63, 3.8) is 0 Å². The summed E-state index contributed by atoms with van der Waals surface area (Å²) < 4.78 is 6.09. The van der Waals surface area contributed by atoms with Crippen molar-refractivity contribution in [2.45, 2.75) is 6.42 Å². The molecular formula is C16H16BrN3O4. The number of nitrogens with one attached hydrogen (secondary N) is 2. The fraction of sp³-hybridized carbons (Fsp3) is 0.188. The minimum Gasteiger partial charge on any atom is -0.495 e. The molecule has 0 spiro atoms. The Morgan fingerprint density at radius 1 is 1.25 bits per heavy atom. The van der Waals surface area contributed by atoms with Crippen molar-refractivity contribution < 1.29 is 14.5 Å². The number of rotatable bonds is 6. The molecule has 0 aromatic heterocycles. The quantitative estimate of drug-likeness (QED) is 0.577. The number of non-ortho nitro benzene ring substituents is 1. The van der Waals surface area contributed by atoms with E-state index in [2.05, 4.69) is 26.6 Å². The molecule has 2 amide bonds. The third-order valence-electron chi connectivity index (χ3n) is 3.25. The zero-order chi connectivity index (χ0) is 17.5. The van der Waals surface area contributed by atoms with E-state index in [0.717, 1.165) is 10.0 Å². The third kappa shape index (κ3) is 4.95. The molecule has 0 aliphatic rings. The summed E-state index contributed by atoms with van der Waals surface area (Å²) in [6, 6.07) is 11.4. The standard InChI is InChI=1S/C16H16BrN3O4/c1-24-15-7-6-13(20(22)23)10-14(15)19-16(21)18-9-8-11-2-4-12(17)5-3-11/h2-7,10H,8-9H2,1H3,(H2,18,19,21). The number of carbonyl (C=O) groups excluding carboxylic acids is 1. The zero-order valence-corrected chi connectivity index (χ0v) is 14.5. The monoisotopic (exact) mass is 393 g/mol. The summed E-state index contributed by atoms with van der Waals surface area (Å²) in [6.07, 6.45) is 0.673. The molecule has 0 unspecified atom stereocenters. The second-order valence-electron chi connectivity index (χ2n) is 4.90. The molecule has 2 aromatic rings. The number of hydrogen-bond donors (Lipinski definition) is 2. The van der Waals surface area contributed by atoms with Gasteiger partial charge in [-0.1, -0.05) is 28.1 Å². The summed E-state index contributed by atoms with van der Waals surface area (Å²) in [6.45, 7) is 0.435. The van der Waals surface area contributed by atoms with Crippen molar-refractivity contribution in [1.82, 2.24) is 5.32 Å². The van der Waals surface area contributed by atoms with Crippen LogP contribution in [-0.2, 0) is 6.42 Å². The number of carbonyl (C=O) groups is 1. The topological polar surface area (TPSA) is 93.5 Å². The molecule has 7 nitrogen and oxygen atoms in total. The molecule has 0 heterocycles. The van der Waals surface area contributed by atoms with Gasteiger partial charge in [0.15, 0.2) is 0 Å². The van der Waals surface area contributed by atoms with E-state index in [0.29, 0.717) is 18.7 Å². The van der Waals surface area contributed by atoms with Gasteiger partial charge in [-0.2, -0.15) is 0 Å². The molecule has 0 saturated heterocycles. The van der Waals surface area contributed by atoms with E-state index in [4.69, 9.17) is 4.74 Å². The second-order valence-corrected chi connectivity index (χ2v) is 5.81. The highest BCUT2D eigenvalue weighted by Crippen LogP contribution is 2.28. The molecule has 0 radical (unpaired) electrons. The van der Waals surface area contributed by atoms with E-state index < -0.39 is 11.0 Å². The molecule has 0 fully saturated rings. The molecule has 0 aliphatic carbocycles. The van der Waals surface area contributed by atoms with Crippen LogP contribution in [-0.4, -0.2) is 24.6 Å². The summed E-state index contributed by atoms with van der Waals surface area (Å²) in [5.74, 6) is 0.351. The van der Waals surface area contributed by atoms with Crippen LogP contribution < -0.4 is 15.4 Å². The molecular weight excluding hydrogens is 378 g/mol. The molecule has 126 valence electrons. The Hall–Kier alpha value is -2.61. The van der Waals surface area contributed by atoms with Crippen LogP contribution in [0.15, 0.2) is 46.9 Å². The molecule has 8 heteroatoms. The number of hydrogen-bond acceptors (Lipinski definition) is 4. The number of nitro benzene ring substituents is 1. The van der Waals surface area contributed by atoms with Gasteiger partial charge in [-0.25, -0.2) is 4.79 Å². The Bertz CT molecular complexity index is 735. The molecule has 2 N–H and O–H groups in total. The Kier molecular flexibility index (Phi) is 6.14. The Balaban J connectivity index is 1.93. The van der Waals surface area contributed by atoms with E-state index in [-0.39, 0.29) is 11.4 Å². The second kappa shape index (κ2) is 8.30. The number of benzene rings is 2. The van der Waals surface area contributed by atoms with Crippen molar-refractivity contribution in [2.75, 3.05) is 19.0 Å². The van der Waals surface area contributed by atoms with Gasteiger partial charge in [0.1, 0.15) is 5.75 Å². The predicted octanol–water partition coefficient (Wildman–Crippen LogP) is 3.73. The molecule has 0 aliphatic heterocycles. The van der Waals surface area contributed by atoms with Gasteiger partial charge in [-0.3, -0.25) is 10.1 Å². The lowest BCUT2D eigenvalue weighted by atomic mass is 10.1. The highest BCUT2D eigenvalue weighted by molar-refractivity contribution is 9.10. The smallest absolute Gasteiger partial charge is 0.319 e. The minimum absolute atomic E-state index is 0.124. The van der Waals surface area contributed by atoms with Crippen LogP contribution in [0, 0.1) is 10.1 Å². The van der Waals surface area contributed by atoms with Crippen molar-refractivity contribution in [1.29, 1.82) is 0 Å². The van der Waals surface area contributed by atoms with Crippen molar-refractivity contribution >= 4 is 33.3 Å². The molecule has 0 saturated carbocycles. The molecule has 0 atom stereocenters. The number of anilines is 1. The lowest BCUT2D eigenvalue weighted by Crippen LogP contribution is -2.30. The van der Waals surface area contributed by atoms with Crippen molar-refractivity contribution in [3.05, 3.63) is 62.6 Å². The fourth-order valence-electron chi connectivity index (χ4n) is 2.05. The maximum Gasteiger partial charge on any atom is 0.319 e. The third-order valence-corrected chi connectivity index (χ3v) is 3.78. The normalized spacial score (nSPS) is 10.1. The largest absolute Gasteiger partial charge is 0.495 e. The van der Waals surface area contributed by atoms with Crippen LogP contribution in [0.4, 0.5) is 16.2 Å². The van der Waals surface area contributed by atoms with Gasteiger partial charge >= 0.3 is 6.03 Å². The first-order valence-electron chi connectivity index (χ1n) is 7.11. The summed E-state index contributed by atoms with van der Waals surface area (Å²) in [5.41, 5.74) is 1.21. The summed E-state index contributed by atoms with van der Waals surface area (Å²) in [5, 5.41) is 16.1. The molecule has 24 heavy (non-hydrogen) atoms. The summed E-state index contributed by atoms with van der Waals surface area (Å²) in [4.78, 5) is 22.2. The lowest BCUT2D eigenvalue weighted by molar-refractivity contribution is -0.384. The maximum atomic E-state index is 12.0. The molecule has 0 bridgehead atoms. The fourth-order valence-corrected chi connectivity index (χ4v) is 2.31. The van der Waals surface area contributed by atoms with Crippen LogP contribution in [0.3, 0.4) is 0 Å². The average Bonchev–Trinajstić information content (AvgIpc) is 2.56. The average molecular weight is 394 g/mol. The van der Waals surface area contributed by atoms with Gasteiger partial charge in [0.2, 0.25) is 0 Å². The lowest BCUT2D eigenvalue weighted by Gasteiger charge is -2.11. The van der Waals surface area contributed by atoms with Crippen LogP contribution in [0.2, 0.25) is 0 Å². The van der Waals surface area contributed by atoms with Gasteiger partial charge in [0.05, 0.1) is 17.7 Å². The van der Waals surface area contributed by atoms with Crippen LogP contribution in [0.25, 0.3) is 0 Å².